The van der Waals surface area contributed by atoms with Crippen LogP contribution in [0.4, 0.5) is 5.69 Å². The van der Waals surface area contributed by atoms with E-state index in [9.17, 15) is 4.79 Å². The number of anilines is 1. The van der Waals surface area contributed by atoms with Crippen LogP contribution in [-0.4, -0.2) is 12.5 Å². The van der Waals surface area contributed by atoms with Crippen LogP contribution in [0, 0.1) is 13.8 Å². The SMILES string of the molecule is CCOc1ccc(C(=O)Nc2cc(C)cc(C)c2)cc1Br. The molecule has 3 nitrogen and oxygen atoms in total. The maximum Gasteiger partial charge on any atom is 0.255 e. The average Bonchev–Trinajstić information content (AvgIpc) is 2.40. The number of nitrogens with one attached hydrogen (secondary N) is 1. The zero-order chi connectivity index (χ0) is 15.4. The number of hydrogen-bond donors (Lipinski definition) is 1. The molecule has 0 bridgehead atoms. The normalized spacial score (nSPS) is 10.3. The number of ether oxygens (including phenoxy) is 1. The molecule has 0 spiro atoms. The molecule has 1 amide bonds. The summed E-state index contributed by atoms with van der Waals surface area (Å²) >= 11 is 3.42. The lowest BCUT2D eigenvalue weighted by atomic mass is 10.1. The molecule has 4 heteroatoms. The molecule has 2 rings (SSSR count). The highest BCUT2D eigenvalue weighted by atomic mass is 79.9. The summed E-state index contributed by atoms with van der Waals surface area (Å²) in [5.74, 6) is 0.601. The molecule has 0 saturated heterocycles. The van der Waals surface area contributed by atoms with Gasteiger partial charge in [0.25, 0.3) is 5.91 Å². The Labute approximate surface area is 133 Å². The summed E-state index contributed by atoms with van der Waals surface area (Å²) in [6.07, 6.45) is 0. The second kappa shape index (κ2) is 6.76. The van der Waals surface area contributed by atoms with E-state index in [0.29, 0.717) is 12.2 Å². The molecule has 0 aromatic heterocycles. The van der Waals surface area contributed by atoms with E-state index in [-0.39, 0.29) is 5.91 Å². The van der Waals surface area contributed by atoms with Crippen molar-refractivity contribution in [3.63, 3.8) is 0 Å². The third-order valence-electron chi connectivity index (χ3n) is 2.97. The standard InChI is InChI=1S/C17H18BrNO2/c1-4-21-16-6-5-13(10-15(16)18)17(20)19-14-8-11(2)7-12(3)9-14/h5-10H,4H2,1-3H3,(H,19,20). The van der Waals surface area contributed by atoms with Crippen molar-refractivity contribution in [2.75, 3.05) is 11.9 Å². The Balaban J connectivity index is 2.18. The van der Waals surface area contributed by atoms with Gasteiger partial charge in [0.05, 0.1) is 11.1 Å². The predicted molar refractivity (Wildman–Crippen MR) is 89.2 cm³/mol. The van der Waals surface area contributed by atoms with E-state index < -0.39 is 0 Å². The molecule has 0 aliphatic carbocycles. The minimum atomic E-state index is -0.135. The van der Waals surface area contributed by atoms with Gasteiger partial charge in [0.2, 0.25) is 0 Å². The molecule has 2 aromatic rings. The van der Waals surface area contributed by atoms with Gasteiger partial charge in [-0.3, -0.25) is 4.79 Å². The molecule has 0 saturated carbocycles. The van der Waals surface area contributed by atoms with Crippen molar-refractivity contribution >= 4 is 27.5 Å². The van der Waals surface area contributed by atoms with Crippen LogP contribution in [0.2, 0.25) is 0 Å². The Morgan fingerprint density at radius 3 is 2.38 bits per heavy atom. The van der Waals surface area contributed by atoms with Crippen LogP contribution in [0.15, 0.2) is 40.9 Å². The van der Waals surface area contributed by atoms with Crippen LogP contribution in [0.5, 0.6) is 5.75 Å². The Kier molecular flexibility index (Phi) is 5.02. The summed E-state index contributed by atoms with van der Waals surface area (Å²) in [6.45, 7) is 6.53. The van der Waals surface area contributed by atoms with Crippen LogP contribution < -0.4 is 10.1 Å². The molecule has 110 valence electrons. The lowest BCUT2D eigenvalue weighted by Crippen LogP contribution is -2.12. The van der Waals surface area contributed by atoms with E-state index in [1.54, 1.807) is 18.2 Å². The van der Waals surface area contributed by atoms with Crippen LogP contribution in [0.1, 0.15) is 28.4 Å². The van der Waals surface area contributed by atoms with Gasteiger partial charge in [-0.1, -0.05) is 6.07 Å². The van der Waals surface area contributed by atoms with E-state index in [2.05, 4.69) is 27.3 Å². The number of amides is 1. The third-order valence-corrected chi connectivity index (χ3v) is 3.59. The van der Waals surface area contributed by atoms with Crippen molar-refractivity contribution in [2.45, 2.75) is 20.8 Å². The molecule has 0 fully saturated rings. The highest BCUT2D eigenvalue weighted by Crippen LogP contribution is 2.26. The summed E-state index contributed by atoms with van der Waals surface area (Å²) in [4.78, 5) is 12.3. The molecule has 21 heavy (non-hydrogen) atoms. The minimum absolute atomic E-state index is 0.135. The highest BCUT2D eigenvalue weighted by Gasteiger charge is 2.10. The summed E-state index contributed by atoms with van der Waals surface area (Å²) < 4.78 is 6.22. The first-order valence-corrected chi connectivity index (χ1v) is 7.61. The molecule has 2 aromatic carbocycles. The topological polar surface area (TPSA) is 38.3 Å². The van der Waals surface area contributed by atoms with Gasteiger partial charge in [-0.25, -0.2) is 0 Å². The Morgan fingerprint density at radius 2 is 1.81 bits per heavy atom. The van der Waals surface area contributed by atoms with Crippen molar-refractivity contribution < 1.29 is 9.53 Å². The van der Waals surface area contributed by atoms with Crippen molar-refractivity contribution in [2.24, 2.45) is 0 Å². The molecule has 0 atom stereocenters. The van der Waals surface area contributed by atoms with E-state index in [0.717, 1.165) is 27.0 Å². The Bertz CT molecular complexity index is 648. The van der Waals surface area contributed by atoms with Gasteiger partial charge in [-0.15, -0.1) is 0 Å². The van der Waals surface area contributed by atoms with Gasteiger partial charge >= 0.3 is 0 Å². The van der Waals surface area contributed by atoms with E-state index in [1.165, 1.54) is 0 Å². The second-order valence-electron chi connectivity index (χ2n) is 4.91. The maximum absolute atomic E-state index is 12.3. The zero-order valence-electron chi connectivity index (χ0n) is 12.4. The number of aryl methyl sites for hydroxylation is 2. The maximum atomic E-state index is 12.3. The highest BCUT2D eigenvalue weighted by molar-refractivity contribution is 9.10. The van der Waals surface area contributed by atoms with Crippen molar-refractivity contribution in [3.05, 3.63) is 57.6 Å². The smallest absolute Gasteiger partial charge is 0.255 e. The summed E-state index contributed by atoms with van der Waals surface area (Å²) in [5.41, 5.74) is 3.64. The zero-order valence-corrected chi connectivity index (χ0v) is 14.0. The Hall–Kier alpha value is -1.81. The quantitative estimate of drug-likeness (QED) is 0.868. The van der Waals surface area contributed by atoms with Crippen molar-refractivity contribution in [1.82, 2.24) is 0 Å². The number of carbonyl (C=O) groups is 1. The van der Waals surface area contributed by atoms with E-state index >= 15 is 0 Å². The first kappa shape index (κ1) is 15.6. The molecule has 1 N–H and O–H groups in total. The number of carbonyl (C=O) groups excluding carboxylic acids is 1. The van der Waals surface area contributed by atoms with Crippen LogP contribution >= 0.6 is 15.9 Å². The molecular weight excluding hydrogens is 330 g/mol. The Morgan fingerprint density at radius 1 is 1.14 bits per heavy atom. The monoisotopic (exact) mass is 347 g/mol. The number of hydrogen-bond acceptors (Lipinski definition) is 2. The summed E-state index contributed by atoms with van der Waals surface area (Å²) in [5, 5.41) is 2.92. The number of benzene rings is 2. The summed E-state index contributed by atoms with van der Waals surface area (Å²) in [6, 6.07) is 11.3. The summed E-state index contributed by atoms with van der Waals surface area (Å²) in [7, 11) is 0. The molecule has 0 radical (unpaired) electrons. The predicted octanol–water partition coefficient (Wildman–Crippen LogP) is 4.72. The third kappa shape index (κ3) is 4.08. The fourth-order valence-electron chi connectivity index (χ4n) is 2.16. The van der Waals surface area contributed by atoms with Crippen molar-refractivity contribution in [1.29, 1.82) is 0 Å². The van der Waals surface area contributed by atoms with Gasteiger partial charge in [0, 0.05) is 11.3 Å². The molecule has 0 aliphatic heterocycles. The minimum Gasteiger partial charge on any atom is -0.493 e. The fraction of sp³-hybridized carbons (Fsp3) is 0.235. The second-order valence-corrected chi connectivity index (χ2v) is 5.76. The van der Waals surface area contributed by atoms with E-state index in [1.807, 2.05) is 32.9 Å². The van der Waals surface area contributed by atoms with Crippen molar-refractivity contribution in [3.8, 4) is 5.75 Å². The average molecular weight is 348 g/mol. The van der Waals surface area contributed by atoms with Gasteiger partial charge < -0.3 is 10.1 Å². The van der Waals surface area contributed by atoms with Crippen LogP contribution in [0.3, 0.4) is 0 Å². The molecular formula is C17H18BrNO2. The number of rotatable bonds is 4. The van der Waals surface area contributed by atoms with Crippen LogP contribution in [0.25, 0.3) is 0 Å². The lowest BCUT2D eigenvalue weighted by molar-refractivity contribution is 0.102. The van der Waals surface area contributed by atoms with Gasteiger partial charge in [0.15, 0.2) is 0 Å². The van der Waals surface area contributed by atoms with Gasteiger partial charge in [0.1, 0.15) is 5.75 Å². The van der Waals surface area contributed by atoms with Gasteiger partial charge in [-0.2, -0.15) is 0 Å². The number of halogens is 1. The molecule has 0 heterocycles. The molecule has 0 unspecified atom stereocenters. The molecule has 0 aliphatic rings. The lowest BCUT2D eigenvalue weighted by Gasteiger charge is -2.10. The first-order chi connectivity index (χ1) is 9.99. The van der Waals surface area contributed by atoms with E-state index in [4.69, 9.17) is 4.74 Å². The first-order valence-electron chi connectivity index (χ1n) is 6.81. The largest absolute Gasteiger partial charge is 0.493 e. The fourth-order valence-corrected chi connectivity index (χ4v) is 2.66. The van der Waals surface area contributed by atoms with Gasteiger partial charge in [-0.05, 0) is 78.2 Å². The van der Waals surface area contributed by atoms with Crippen LogP contribution in [-0.2, 0) is 0 Å².